The summed E-state index contributed by atoms with van der Waals surface area (Å²) in [5.74, 6) is -0.310. The predicted molar refractivity (Wildman–Crippen MR) is 244 cm³/mol. The van der Waals surface area contributed by atoms with Crippen molar-refractivity contribution in [3.05, 3.63) is 102 Å². The Bertz CT molecular complexity index is 2650. The van der Waals surface area contributed by atoms with Gasteiger partial charge in [-0.1, -0.05) is 50.2 Å². The van der Waals surface area contributed by atoms with Gasteiger partial charge in [-0.3, -0.25) is 29.8 Å². The molecule has 3 aromatic carbocycles. The molecule has 4 amide bonds. The number of imide groups is 1. The third kappa shape index (κ3) is 9.18. The fraction of sp³-hybridized carbons (Fsp3) is 0.396. The van der Waals surface area contributed by atoms with E-state index in [4.69, 9.17) is 4.52 Å². The topological polar surface area (TPSA) is 169 Å². The Labute approximate surface area is 371 Å². The van der Waals surface area contributed by atoms with E-state index in [0.717, 1.165) is 61.5 Å². The third-order valence-electron chi connectivity index (χ3n) is 12.8. The van der Waals surface area contributed by atoms with Gasteiger partial charge < -0.3 is 19.6 Å². The van der Waals surface area contributed by atoms with Crippen molar-refractivity contribution in [1.29, 1.82) is 0 Å². The van der Waals surface area contributed by atoms with Crippen LogP contribution in [0.1, 0.15) is 75.5 Å². The van der Waals surface area contributed by atoms with Crippen LogP contribution in [0.15, 0.2) is 83.5 Å². The number of nitrogens with zero attached hydrogens (tertiary/aromatic N) is 8. The molecule has 3 aliphatic rings. The molecule has 0 saturated carbocycles. The van der Waals surface area contributed by atoms with Crippen molar-refractivity contribution in [3.63, 3.8) is 0 Å². The number of piperidine rings is 1. The number of benzene rings is 3. The van der Waals surface area contributed by atoms with Gasteiger partial charge in [-0.25, -0.2) is 14.2 Å². The highest BCUT2D eigenvalue weighted by Crippen LogP contribution is 2.33. The standard InChI is InChI=1S/C48H54FN11O4/c1-30-29-57(19-15-31-16-20-58(21-17-31)36-11-13-38(14-12-36)60-22-18-41(61)52-47(60)63)23-24-59(30)37-9-7-32(8-10-37)35-25-39-42(54-55-43(39)50-28-35)33-5-6-34(40(49)26-33)27-51-44(62)45-53-46(56-64-45)48(2,3)4/h5-14,25-26,28,30-31H,15-24,27,29H2,1-4H3,(H,51,62)(H,50,54,55)(H,52,61,63). The molecular formula is C48H54FN11O4. The summed E-state index contributed by atoms with van der Waals surface area (Å²) >= 11 is 0. The number of aromatic amines is 1. The molecule has 1 unspecified atom stereocenters. The number of aromatic nitrogens is 5. The number of halogens is 1. The smallest absolute Gasteiger partial charge is 0.328 e. The van der Waals surface area contributed by atoms with Gasteiger partial charge in [-0.15, -0.1) is 0 Å². The van der Waals surface area contributed by atoms with Crippen LogP contribution in [0.4, 0.5) is 26.2 Å². The number of urea groups is 1. The highest BCUT2D eigenvalue weighted by atomic mass is 19.1. The van der Waals surface area contributed by atoms with Gasteiger partial charge in [0, 0.05) is 109 Å². The van der Waals surface area contributed by atoms with Gasteiger partial charge in [0.05, 0.1) is 0 Å². The van der Waals surface area contributed by atoms with E-state index in [2.05, 4.69) is 94.0 Å². The van der Waals surface area contributed by atoms with E-state index in [-0.39, 0.29) is 29.8 Å². The minimum absolute atomic E-state index is 0.0498. The van der Waals surface area contributed by atoms with Crippen molar-refractivity contribution in [2.45, 2.75) is 71.4 Å². The number of piperazine rings is 1. The number of pyridine rings is 1. The molecule has 15 nitrogen and oxygen atoms in total. The maximum atomic E-state index is 15.4. The van der Waals surface area contributed by atoms with Crippen molar-refractivity contribution in [2.75, 3.05) is 60.5 Å². The largest absolute Gasteiger partial charge is 0.372 e. The Morgan fingerprint density at radius 1 is 0.891 bits per heavy atom. The fourth-order valence-electron chi connectivity index (χ4n) is 8.95. The zero-order valence-electron chi connectivity index (χ0n) is 36.7. The molecule has 0 aliphatic carbocycles. The quantitative estimate of drug-likeness (QED) is 0.120. The zero-order chi connectivity index (χ0) is 44.5. The highest BCUT2D eigenvalue weighted by molar-refractivity contribution is 6.05. The molecule has 0 radical (unpaired) electrons. The summed E-state index contributed by atoms with van der Waals surface area (Å²) in [5.41, 5.74) is 6.86. The summed E-state index contributed by atoms with van der Waals surface area (Å²) in [6.45, 7) is 14.6. The summed E-state index contributed by atoms with van der Waals surface area (Å²) < 4.78 is 20.5. The van der Waals surface area contributed by atoms with E-state index in [0.29, 0.717) is 53.2 Å². The Kier molecular flexibility index (Phi) is 11.9. The molecule has 3 N–H and O–H groups in total. The van der Waals surface area contributed by atoms with Crippen LogP contribution in [-0.4, -0.2) is 99.9 Å². The minimum atomic E-state index is -0.570. The van der Waals surface area contributed by atoms with Gasteiger partial charge in [0.15, 0.2) is 11.5 Å². The van der Waals surface area contributed by atoms with Crippen molar-refractivity contribution in [3.8, 4) is 22.4 Å². The van der Waals surface area contributed by atoms with Crippen LogP contribution >= 0.6 is 0 Å². The maximum Gasteiger partial charge on any atom is 0.328 e. The molecule has 16 heteroatoms. The lowest BCUT2D eigenvalue weighted by atomic mass is 9.92. The number of nitrogens with one attached hydrogen (secondary N) is 3. The van der Waals surface area contributed by atoms with E-state index in [9.17, 15) is 14.4 Å². The monoisotopic (exact) mass is 867 g/mol. The highest BCUT2D eigenvalue weighted by Gasteiger charge is 2.28. The first-order valence-electron chi connectivity index (χ1n) is 22.2. The molecule has 0 bridgehead atoms. The van der Waals surface area contributed by atoms with Gasteiger partial charge in [0.25, 0.3) is 0 Å². The first-order chi connectivity index (χ1) is 30.9. The maximum absolute atomic E-state index is 15.4. The Balaban J connectivity index is 0.755. The molecule has 3 aliphatic heterocycles. The lowest BCUT2D eigenvalue weighted by Gasteiger charge is -2.42. The number of hydrogen-bond donors (Lipinski definition) is 3. The lowest BCUT2D eigenvalue weighted by Crippen LogP contribution is -2.52. The Hall–Kier alpha value is -6.68. The summed E-state index contributed by atoms with van der Waals surface area (Å²) in [6.07, 6.45) is 5.69. The number of anilines is 3. The number of amides is 4. The fourth-order valence-corrected chi connectivity index (χ4v) is 8.95. The van der Waals surface area contributed by atoms with Crippen molar-refractivity contribution >= 4 is 45.9 Å². The van der Waals surface area contributed by atoms with Gasteiger partial charge in [0.1, 0.15) is 11.5 Å². The molecular weight excluding hydrogens is 814 g/mol. The Morgan fingerprint density at radius 2 is 1.62 bits per heavy atom. The summed E-state index contributed by atoms with van der Waals surface area (Å²) in [7, 11) is 0. The Morgan fingerprint density at radius 3 is 2.33 bits per heavy atom. The van der Waals surface area contributed by atoms with Gasteiger partial charge in [-0.05, 0) is 92.7 Å². The summed E-state index contributed by atoms with van der Waals surface area (Å²) in [5, 5.41) is 17.2. The van der Waals surface area contributed by atoms with Crippen LogP contribution in [0.3, 0.4) is 0 Å². The van der Waals surface area contributed by atoms with E-state index < -0.39 is 11.7 Å². The van der Waals surface area contributed by atoms with E-state index in [1.807, 2.05) is 45.2 Å². The van der Waals surface area contributed by atoms with E-state index in [1.165, 1.54) is 36.7 Å². The first kappa shape index (κ1) is 42.6. The molecule has 3 saturated heterocycles. The number of rotatable bonds is 11. The van der Waals surface area contributed by atoms with Gasteiger partial charge in [-0.2, -0.15) is 10.1 Å². The molecule has 0 spiro atoms. The number of fused-ring (bicyclic) bond motifs is 1. The van der Waals surface area contributed by atoms with Gasteiger partial charge >= 0.3 is 17.8 Å². The molecule has 1 atom stereocenters. The second-order valence-corrected chi connectivity index (χ2v) is 18.2. The van der Waals surface area contributed by atoms with Crippen molar-refractivity contribution in [2.24, 2.45) is 5.92 Å². The minimum Gasteiger partial charge on any atom is -0.372 e. The number of carbonyl (C=O) groups excluding carboxylic acids is 3. The van der Waals surface area contributed by atoms with Crippen LogP contribution in [0.2, 0.25) is 0 Å². The van der Waals surface area contributed by atoms with Crippen LogP contribution in [0.25, 0.3) is 33.4 Å². The lowest BCUT2D eigenvalue weighted by molar-refractivity contribution is -0.120. The van der Waals surface area contributed by atoms with E-state index in [1.54, 1.807) is 17.0 Å². The number of hydrogen-bond acceptors (Lipinski definition) is 11. The van der Waals surface area contributed by atoms with E-state index >= 15 is 4.39 Å². The first-order valence-corrected chi connectivity index (χ1v) is 22.2. The number of H-pyrrole nitrogens is 1. The molecule has 3 fully saturated rings. The predicted octanol–water partition coefficient (Wildman–Crippen LogP) is 7.31. The van der Waals surface area contributed by atoms with Crippen LogP contribution in [0.5, 0.6) is 0 Å². The summed E-state index contributed by atoms with van der Waals surface area (Å²) in [4.78, 5) is 54.4. The second-order valence-electron chi connectivity index (χ2n) is 18.2. The van der Waals surface area contributed by atoms with Crippen LogP contribution in [-0.2, 0) is 16.8 Å². The third-order valence-corrected chi connectivity index (χ3v) is 12.8. The van der Waals surface area contributed by atoms with Crippen molar-refractivity contribution < 1.29 is 23.3 Å². The number of carbonyl (C=O) groups is 3. The molecule has 6 aromatic rings. The molecule has 64 heavy (non-hydrogen) atoms. The zero-order valence-corrected chi connectivity index (χ0v) is 36.7. The van der Waals surface area contributed by atoms with Crippen LogP contribution < -0.4 is 25.3 Å². The molecule has 332 valence electrons. The molecule has 6 heterocycles. The summed E-state index contributed by atoms with van der Waals surface area (Å²) in [6, 6.07) is 23.7. The average Bonchev–Trinajstić information content (AvgIpc) is 3.97. The second kappa shape index (κ2) is 17.8. The average molecular weight is 868 g/mol. The van der Waals surface area contributed by atoms with Crippen LogP contribution in [0, 0.1) is 11.7 Å². The molecule has 9 rings (SSSR count). The van der Waals surface area contributed by atoms with Gasteiger partial charge in [0.2, 0.25) is 5.91 Å². The van der Waals surface area contributed by atoms with Crippen molar-refractivity contribution in [1.82, 2.24) is 40.9 Å². The SMILES string of the molecule is CC1CN(CCC2CCN(c3ccc(N4CCC(=O)NC4=O)cc3)CC2)CCN1c1ccc(-c2cnc3[nH]nc(-c4ccc(CNC(=O)c5nc(C(C)(C)C)no5)c(F)c4)c3c2)cc1. The molecule has 3 aromatic heterocycles. The normalized spacial score (nSPS) is 17.9.